The molecule has 0 aromatic heterocycles. The van der Waals surface area contributed by atoms with Crippen LogP contribution in [0.15, 0.2) is 24.3 Å². The zero-order valence-electron chi connectivity index (χ0n) is 14.0. The lowest BCUT2D eigenvalue weighted by Crippen LogP contribution is -2.51. The molecule has 4 heteroatoms. The van der Waals surface area contributed by atoms with Gasteiger partial charge in [-0.05, 0) is 46.0 Å². The molecule has 1 aromatic carbocycles. The normalized spacial score (nSPS) is 21.7. The van der Waals surface area contributed by atoms with Gasteiger partial charge in [0, 0.05) is 30.3 Å². The Kier molecular flexibility index (Phi) is 5.35. The Morgan fingerprint density at radius 2 is 1.41 bits per heavy atom. The molecule has 0 bridgehead atoms. The van der Waals surface area contributed by atoms with E-state index in [1.165, 1.54) is 19.8 Å². The molecule has 1 aliphatic carbocycles. The van der Waals surface area contributed by atoms with Crippen LogP contribution in [0.5, 0.6) is 0 Å². The number of amides is 1. The van der Waals surface area contributed by atoms with Crippen LogP contribution in [-0.2, 0) is 0 Å². The predicted molar refractivity (Wildman–Crippen MR) is 88.3 cm³/mol. The second-order valence-corrected chi connectivity index (χ2v) is 6.43. The van der Waals surface area contributed by atoms with Gasteiger partial charge in [-0.15, -0.1) is 0 Å². The van der Waals surface area contributed by atoms with Crippen molar-refractivity contribution in [1.82, 2.24) is 9.80 Å². The van der Waals surface area contributed by atoms with Gasteiger partial charge in [0.25, 0.3) is 5.91 Å². The van der Waals surface area contributed by atoms with Gasteiger partial charge >= 0.3 is 0 Å². The summed E-state index contributed by atoms with van der Waals surface area (Å²) in [7, 11) is 6.07. The van der Waals surface area contributed by atoms with Crippen LogP contribution in [0.3, 0.4) is 0 Å². The highest BCUT2D eigenvalue weighted by molar-refractivity contribution is 5.97. The first-order valence-corrected chi connectivity index (χ1v) is 7.96. The van der Waals surface area contributed by atoms with Crippen LogP contribution in [0.2, 0.25) is 0 Å². The lowest BCUT2D eigenvalue weighted by Gasteiger charge is -2.41. The number of hydrogen-bond acceptors (Lipinski definition) is 3. The van der Waals surface area contributed by atoms with Crippen LogP contribution >= 0.6 is 0 Å². The standard InChI is InChI=1S/C18H26N2O2/c1-13(21)14-9-11-15(12-10-14)18(22)20(4)17-8-6-5-7-16(17)19(2)3/h9-12,16-17H,5-8H2,1-4H3/t16-,17-/m1/s1. The van der Waals surface area contributed by atoms with Crippen molar-refractivity contribution in [3.8, 4) is 0 Å². The van der Waals surface area contributed by atoms with Gasteiger partial charge in [0.05, 0.1) is 0 Å². The summed E-state index contributed by atoms with van der Waals surface area (Å²) in [6.45, 7) is 1.53. The lowest BCUT2D eigenvalue weighted by molar-refractivity contribution is 0.0544. The summed E-state index contributed by atoms with van der Waals surface area (Å²) < 4.78 is 0. The lowest BCUT2D eigenvalue weighted by atomic mass is 9.88. The van der Waals surface area contributed by atoms with E-state index in [1.54, 1.807) is 24.3 Å². The molecule has 1 amide bonds. The second kappa shape index (κ2) is 7.05. The molecule has 1 aromatic rings. The molecule has 0 aliphatic heterocycles. The molecule has 4 nitrogen and oxygen atoms in total. The number of ketones is 1. The number of carbonyl (C=O) groups excluding carboxylic acids is 2. The van der Waals surface area contributed by atoms with Crippen molar-refractivity contribution in [3.05, 3.63) is 35.4 Å². The fourth-order valence-electron chi connectivity index (χ4n) is 3.35. The van der Waals surface area contributed by atoms with Crippen LogP contribution in [0.25, 0.3) is 0 Å². The van der Waals surface area contributed by atoms with Gasteiger partial charge in [-0.1, -0.05) is 25.0 Å². The molecule has 0 heterocycles. The largest absolute Gasteiger partial charge is 0.337 e. The SMILES string of the molecule is CC(=O)c1ccc(C(=O)N(C)[C@@H]2CCCC[C@H]2N(C)C)cc1. The van der Waals surface area contributed by atoms with Crippen molar-refractivity contribution in [2.45, 2.75) is 44.7 Å². The maximum Gasteiger partial charge on any atom is 0.253 e. The van der Waals surface area contributed by atoms with E-state index in [0.717, 1.165) is 12.8 Å². The summed E-state index contributed by atoms with van der Waals surface area (Å²) in [6, 6.07) is 7.64. The number of Topliss-reactive ketones (excluding diaryl/α,β-unsaturated/α-hetero) is 1. The Hall–Kier alpha value is -1.68. The molecule has 1 saturated carbocycles. The van der Waals surface area contributed by atoms with Gasteiger partial charge in [0.1, 0.15) is 0 Å². The molecule has 0 spiro atoms. The first-order valence-electron chi connectivity index (χ1n) is 7.96. The highest BCUT2D eigenvalue weighted by atomic mass is 16.2. The molecule has 2 rings (SSSR count). The summed E-state index contributed by atoms with van der Waals surface area (Å²) in [5, 5.41) is 0. The predicted octanol–water partition coefficient (Wildman–Crippen LogP) is 2.83. The molecule has 0 unspecified atom stereocenters. The number of likely N-dealkylation sites (N-methyl/N-ethyl adjacent to an activating group) is 2. The number of hydrogen-bond donors (Lipinski definition) is 0. The van der Waals surface area contributed by atoms with E-state index in [0.29, 0.717) is 17.2 Å². The molecular weight excluding hydrogens is 276 g/mol. The molecule has 0 radical (unpaired) electrons. The van der Waals surface area contributed by atoms with Gasteiger partial charge in [-0.25, -0.2) is 0 Å². The van der Waals surface area contributed by atoms with Crippen LogP contribution in [0.1, 0.15) is 53.3 Å². The molecule has 120 valence electrons. The summed E-state index contributed by atoms with van der Waals surface area (Å²) in [5.41, 5.74) is 1.29. The average Bonchev–Trinajstić information content (AvgIpc) is 2.53. The van der Waals surface area contributed by atoms with E-state index in [2.05, 4.69) is 19.0 Å². The third kappa shape index (κ3) is 3.55. The van der Waals surface area contributed by atoms with E-state index in [4.69, 9.17) is 0 Å². The van der Waals surface area contributed by atoms with Gasteiger partial charge in [-0.2, -0.15) is 0 Å². The van der Waals surface area contributed by atoms with Gasteiger partial charge in [-0.3, -0.25) is 9.59 Å². The summed E-state index contributed by atoms with van der Waals surface area (Å²) in [4.78, 5) is 28.2. The molecule has 0 saturated heterocycles. The van der Waals surface area contributed by atoms with Gasteiger partial charge in [0.2, 0.25) is 0 Å². The zero-order valence-corrected chi connectivity index (χ0v) is 14.0. The molecule has 2 atom stereocenters. The molecule has 1 aliphatic rings. The maximum absolute atomic E-state index is 12.7. The van der Waals surface area contributed by atoms with E-state index in [-0.39, 0.29) is 17.7 Å². The zero-order chi connectivity index (χ0) is 16.3. The summed E-state index contributed by atoms with van der Waals surface area (Å²) in [6.07, 6.45) is 4.60. The first-order chi connectivity index (χ1) is 10.4. The van der Waals surface area contributed by atoms with Crippen molar-refractivity contribution in [2.24, 2.45) is 0 Å². The Balaban J connectivity index is 2.15. The van der Waals surface area contributed by atoms with Crippen molar-refractivity contribution in [2.75, 3.05) is 21.1 Å². The van der Waals surface area contributed by atoms with E-state index < -0.39 is 0 Å². The fourth-order valence-corrected chi connectivity index (χ4v) is 3.35. The van der Waals surface area contributed by atoms with E-state index in [1.807, 2.05) is 11.9 Å². The average molecular weight is 302 g/mol. The summed E-state index contributed by atoms with van der Waals surface area (Å²) in [5.74, 6) is 0.0566. The smallest absolute Gasteiger partial charge is 0.253 e. The molecule has 1 fully saturated rings. The van der Waals surface area contributed by atoms with Gasteiger partial charge < -0.3 is 9.80 Å². The van der Waals surface area contributed by atoms with Gasteiger partial charge in [0.15, 0.2) is 5.78 Å². The van der Waals surface area contributed by atoms with Crippen molar-refractivity contribution in [3.63, 3.8) is 0 Å². The number of rotatable bonds is 4. The highest BCUT2D eigenvalue weighted by Gasteiger charge is 2.32. The minimum Gasteiger partial charge on any atom is -0.337 e. The Morgan fingerprint density at radius 1 is 0.909 bits per heavy atom. The highest BCUT2D eigenvalue weighted by Crippen LogP contribution is 2.26. The molecular formula is C18H26N2O2. The Bertz CT molecular complexity index is 537. The third-order valence-corrected chi connectivity index (χ3v) is 4.71. The third-order valence-electron chi connectivity index (χ3n) is 4.71. The summed E-state index contributed by atoms with van der Waals surface area (Å²) >= 11 is 0. The minimum absolute atomic E-state index is 0.0207. The number of nitrogens with zero attached hydrogens (tertiary/aromatic N) is 2. The maximum atomic E-state index is 12.7. The van der Waals surface area contributed by atoms with Crippen molar-refractivity contribution in [1.29, 1.82) is 0 Å². The quantitative estimate of drug-likeness (QED) is 0.803. The van der Waals surface area contributed by atoms with Crippen LogP contribution in [-0.4, -0.2) is 54.7 Å². The monoisotopic (exact) mass is 302 g/mol. The van der Waals surface area contributed by atoms with Crippen LogP contribution < -0.4 is 0 Å². The molecule has 0 N–H and O–H groups in total. The van der Waals surface area contributed by atoms with Crippen LogP contribution in [0.4, 0.5) is 0 Å². The van der Waals surface area contributed by atoms with E-state index in [9.17, 15) is 9.59 Å². The molecule has 22 heavy (non-hydrogen) atoms. The second-order valence-electron chi connectivity index (χ2n) is 6.43. The van der Waals surface area contributed by atoms with E-state index >= 15 is 0 Å². The number of benzene rings is 1. The van der Waals surface area contributed by atoms with Crippen LogP contribution in [0, 0.1) is 0 Å². The van der Waals surface area contributed by atoms with Crippen molar-refractivity contribution < 1.29 is 9.59 Å². The first kappa shape index (κ1) is 16.7. The minimum atomic E-state index is 0.0207. The number of carbonyl (C=O) groups is 2. The van der Waals surface area contributed by atoms with Crippen molar-refractivity contribution >= 4 is 11.7 Å². The Labute approximate surface area is 133 Å². The Morgan fingerprint density at radius 3 is 1.91 bits per heavy atom. The topological polar surface area (TPSA) is 40.6 Å². The fraction of sp³-hybridized carbons (Fsp3) is 0.556.